The van der Waals surface area contributed by atoms with Crippen molar-refractivity contribution in [3.8, 4) is 5.69 Å². The Labute approximate surface area is 278 Å². The van der Waals surface area contributed by atoms with E-state index < -0.39 is 33.9 Å². The Balaban J connectivity index is 1.58. The lowest BCUT2D eigenvalue weighted by atomic mass is 10.1. The van der Waals surface area contributed by atoms with Crippen LogP contribution in [0.3, 0.4) is 0 Å². The largest absolute Gasteiger partial charge is 0.462 e. The molecule has 0 saturated carbocycles. The van der Waals surface area contributed by atoms with Gasteiger partial charge in [-0.3, -0.25) is 24.3 Å². The minimum absolute atomic E-state index is 0.0358. The Kier molecular flexibility index (Phi) is 11.4. The van der Waals surface area contributed by atoms with E-state index in [1.54, 1.807) is 32.3 Å². The first-order valence-electron chi connectivity index (χ1n) is 14.4. The van der Waals surface area contributed by atoms with Crippen LogP contribution in [0.2, 0.25) is 0 Å². The average Bonchev–Trinajstić information content (AvgIpc) is 3.59. The Morgan fingerprint density at radius 2 is 1.70 bits per heavy atom. The summed E-state index contributed by atoms with van der Waals surface area (Å²) in [5.41, 5.74) is 2.18. The fourth-order valence-electron chi connectivity index (χ4n) is 4.38. The molecule has 14 nitrogen and oxygen atoms in total. The number of thiophene rings is 1. The van der Waals surface area contributed by atoms with Gasteiger partial charge in [0, 0.05) is 23.4 Å². The molecule has 2 aromatic carbocycles. The molecule has 4 rings (SSSR count). The van der Waals surface area contributed by atoms with Crippen molar-refractivity contribution in [3.63, 3.8) is 0 Å². The van der Waals surface area contributed by atoms with Crippen molar-refractivity contribution in [2.24, 2.45) is 0 Å². The number of benzene rings is 2. The summed E-state index contributed by atoms with van der Waals surface area (Å²) < 4.78 is 12.0. The van der Waals surface area contributed by atoms with E-state index in [0.29, 0.717) is 22.2 Å². The van der Waals surface area contributed by atoms with Gasteiger partial charge in [0.1, 0.15) is 9.88 Å². The maximum Gasteiger partial charge on any atom is 0.348 e. The molecular weight excluding hydrogens is 649 g/mol. The van der Waals surface area contributed by atoms with Crippen molar-refractivity contribution in [1.29, 1.82) is 0 Å². The second-order valence-corrected chi connectivity index (χ2v) is 12.3. The maximum atomic E-state index is 13.5. The number of aromatic nitrogens is 3. The summed E-state index contributed by atoms with van der Waals surface area (Å²) in [5.74, 6) is -1.84. The zero-order chi connectivity index (χ0) is 34.2. The molecule has 0 unspecified atom stereocenters. The van der Waals surface area contributed by atoms with E-state index in [9.17, 15) is 29.3 Å². The molecule has 16 heteroatoms. The predicted octanol–water partition coefficient (Wildman–Crippen LogP) is 5.26. The van der Waals surface area contributed by atoms with Crippen molar-refractivity contribution in [2.45, 2.75) is 51.6 Å². The van der Waals surface area contributed by atoms with Crippen molar-refractivity contribution in [1.82, 2.24) is 20.1 Å². The fourth-order valence-corrected chi connectivity index (χ4v) is 6.36. The third kappa shape index (κ3) is 8.20. The number of nitrogens with zero attached hydrogens (tertiary/aromatic N) is 4. The van der Waals surface area contributed by atoms with Gasteiger partial charge in [-0.15, -0.1) is 21.5 Å². The predicted molar refractivity (Wildman–Crippen MR) is 175 cm³/mol. The molecule has 0 aliphatic rings. The molecule has 2 amide bonds. The van der Waals surface area contributed by atoms with E-state index in [1.807, 2.05) is 31.2 Å². The number of hydrogen-bond donors (Lipinski definition) is 2. The molecular formula is C31H32N6O8S2. The number of non-ortho nitro benzene ring substituents is 1. The normalized spacial score (nSPS) is 11.4. The molecule has 0 saturated heterocycles. The number of carbonyl (C=O) groups excluding carboxylic acids is 4. The van der Waals surface area contributed by atoms with Crippen molar-refractivity contribution >= 4 is 57.5 Å². The van der Waals surface area contributed by atoms with E-state index in [2.05, 4.69) is 20.8 Å². The number of amides is 2. The fraction of sp³-hybridized carbons (Fsp3) is 0.290. The molecule has 4 aromatic rings. The lowest BCUT2D eigenvalue weighted by molar-refractivity contribution is -0.384. The van der Waals surface area contributed by atoms with Crippen LogP contribution in [0.5, 0.6) is 0 Å². The summed E-state index contributed by atoms with van der Waals surface area (Å²) >= 11 is 2.03. The van der Waals surface area contributed by atoms with Gasteiger partial charge < -0.3 is 20.1 Å². The molecule has 47 heavy (non-hydrogen) atoms. The molecule has 0 fully saturated rings. The van der Waals surface area contributed by atoms with Gasteiger partial charge in [-0.25, -0.2) is 9.59 Å². The minimum atomic E-state index is -0.756. The number of nitro groups is 1. The molecule has 0 radical (unpaired) electrons. The van der Waals surface area contributed by atoms with Crippen molar-refractivity contribution < 1.29 is 33.6 Å². The smallest absolute Gasteiger partial charge is 0.348 e. The van der Waals surface area contributed by atoms with Gasteiger partial charge in [0.2, 0.25) is 5.91 Å². The summed E-state index contributed by atoms with van der Waals surface area (Å²) in [6.45, 7) is 8.70. The summed E-state index contributed by atoms with van der Waals surface area (Å²) in [4.78, 5) is 62.2. The van der Waals surface area contributed by atoms with Gasteiger partial charge in [-0.05, 0) is 70.0 Å². The number of esters is 2. The first kappa shape index (κ1) is 34.8. The summed E-state index contributed by atoms with van der Waals surface area (Å²) in [6.07, 6.45) is 0. The number of rotatable bonds is 13. The number of anilines is 1. The van der Waals surface area contributed by atoms with Crippen LogP contribution in [0.15, 0.2) is 53.7 Å². The zero-order valence-electron chi connectivity index (χ0n) is 26.2. The van der Waals surface area contributed by atoms with Crippen LogP contribution >= 0.6 is 23.1 Å². The molecule has 2 aromatic heterocycles. The topological polar surface area (TPSA) is 185 Å². The molecule has 2 heterocycles. The van der Waals surface area contributed by atoms with Crippen LogP contribution in [-0.4, -0.2) is 61.9 Å². The SMILES string of the molecule is CCOC(=O)c1sc(NC(=O)[C@@H](C)Sc2nnc(CNC(=O)c3ccc([N+](=O)[O-])cc3)n2-c2cccc(C)c2)c(C(=O)OCC)c1C. The Hall–Kier alpha value is -5.09. The van der Waals surface area contributed by atoms with Crippen LogP contribution in [0, 0.1) is 24.0 Å². The van der Waals surface area contributed by atoms with Crippen LogP contribution in [0.25, 0.3) is 5.69 Å². The Morgan fingerprint density at radius 3 is 2.34 bits per heavy atom. The van der Waals surface area contributed by atoms with E-state index in [0.717, 1.165) is 28.7 Å². The van der Waals surface area contributed by atoms with E-state index in [4.69, 9.17) is 9.47 Å². The highest BCUT2D eigenvalue weighted by Gasteiger charge is 2.29. The van der Waals surface area contributed by atoms with Gasteiger partial charge >= 0.3 is 11.9 Å². The number of ether oxygens (including phenoxy) is 2. The second-order valence-electron chi connectivity index (χ2n) is 10.0. The molecule has 0 bridgehead atoms. The van der Waals surface area contributed by atoms with Crippen molar-refractivity contribution in [2.75, 3.05) is 18.5 Å². The summed E-state index contributed by atoms with van der Waals surface area (Å²) in [7, 11) is 0. The molecule has 0 spiro atoms. The average molecular weight is 681 g/mol. The van der Waals surface area contributed by atoms with Gasteiger partial charge in [-0.2, -0.15) is 0 Å². The van der Waals surface area contributed by atoms with Crippen LogP contribution in [0.4, 0.5) is 10.7 Å². The highest BCUT2D eigenvalue weighted by molar-refractivity contribution is 8.00. The Bertz CT molecular complexity index is 1820. The van der Waals surface area contributed by atoms with Crippen LogP contribution in [-0.2, 0) is 20.8 Å². The third-order valence-corrected chi connectivity index (χ3v) is 8.91. The van der Waals surface area contributed by atoms with Crippen LogP contribution < -0.4 is 10.6 Å². The van der Waals surface area contributed by atoms with Crippen LogP contribution in [0.1, 0.15) is 68.1 Å². The van der Waals surface area contributed by atoms with Gasteiger partial charge in [0.05, 0.1) is 35.5 Å². The first-order valence-corrected chi connectivity index (χ1v) is 16.1. The van der Waals surface area contributed by atoms with E-state index in [1.165, 1.54) is 24.3 Å². The molecule has 246 valence electrons. The van der Waals surface area contributed by atoms with Gasteiger partial charge in [0.15, 0.2) is 11.0 Å². The minimum Gasteiger partial charge on any atom is -0.462 e. The monoisotopic (exact) mass is 680 g/mol. The second kappa shape index (κ2) is 15.5. The quantitative estimate of drug-likeness (QED) is 0.0813. The zero-order valence-corrected chi connectivity index (χ0v) is 27.8. The third-order valence-electron chi connectivity index (χ3n) is 6.68. The number of carbonyl (C=O) groups is 4. The number of nitro benzene ring substituents is 1. The highest BCUT2D eigenvalue weighted by Crippen LogP contribution is 2.35. The van der Waals surface area contributed by atoms with E-state index >= 15 is 0 Å². The molecule has 0 aliphatic heterocycles. The lowest BCUT2D eigenvalue weighted by Crippen LogP contribution is -2.25. The lowest BCUT2D eigenvalue weighted by Gasteiger charge is -2.15. The molecule has 2 N–H and O–H groups in total. The van der Waals surface area contributed by atoms with Gasteiger partial charge in [-0.1, -0.05) is 23.9 Å². The Morgan fingerprint density at radius 1 is 1.02 bits per heavy atom. The van der Waals surface area contributed by atoms with Crippen molar-refractivity contribution in [3.05, 3.63) is 91.6 Å². The van der Waals surface area contributed by atoms with E-state index in [-0.39, 0.29) is 46.5 Å². The first-order chi connectivity index (χ1) is 22.4. The standard InChI is InChI=1S/C31H32N6O8S2/c1-6-44-29(40)24-18(4)25(30(41)45-7-2)47-28(24)33-26(38)19(5)46-31-35-34-23(36(31)22-10-8-9-17(3)15-22)16-32-27(39)20-11-13-21(14-12-20)37(42)43/h8-15,19H,6-7,16H2,1-5H3,(H,32,39)(H,33,38)/t19-/m1/s1. The summed E-state index contributed by atoms with van der Waals surface area (Å²) in [6, 6.07) is 12.7. The number of hydrogen-bond acceptors (Lipinski definition) is 12. The highest BCUT2D eigenvalue weighted by atomic mass is 32.2. The van der Waals surface area contributed by atoms with Gasteiger partial charge in [0.25, 0.3) is 11.6 Å². The number of aryl methyl sites for hydroxylation is 1. The number of thioether (sulfide) groups is 1. The number of nitrogens with one attached hydrogen (secondary N) is 2. The molecule has 0 aliphatic carbocycles. The maximum absolute atomic E-state index is 13.5. The molecule has 1 atom stereocenters. The summed E-state index contributed by atoms with van der Waals surface area (Å²) in [5, 5.41) is 24.8.